The number of hydrogen-bond donors (Lipinski definition) is 1. The lowest BCUT2D eigenvalue weighted by Crippen LogP contribution is -2.14. The first-order valence-electron chi connectivity index (χ1n) is 6.05. The van der Waals surface area contributed by atoms with Crippen LogP contribution < -0.4 is 5.73 Å². The summed E-state index contributed by atoms with van der Waals surface area (Å²) in [5.74, 6) is 1.35. The van der Waals surface area contributed by atoms with Crippen molar-refractivity contribution in [3.05, 3.63) is 47.4 Å². The second-order valence-electron chi connectivity index (χ2n) is 4.71. The third kappa shape index (κ3) is 2.41. The molecule has 18 heavy (non-hydrogen) atoms. The van der Waals surface area contributed by atoms with E-state index in [1.807, 2.05) is 0 Å². The minimum absolute atomic E-state index is 0.115. The third-order valence-corrected chi connectivity index (χ3v) is 3.18. The number of hydrogen-bond acceptors (Lipinski definition) is 4. The zero-order valence-corrected chi connectivity index (χ0v) is 9.84. The van der Waals surface area contributed by atoms with Crippen LogP contribution in [0.5, 0.6) is 0 Å². The lowest BCUT2D eigenvalue weighted by atomic mass is 10.1. The van der Waals surface area contributed by atoms with E-state index in [9.17, 15) is 4.39 Å². The van der Waals surface area contributed by atoms with Gasteiger partial charge in [-0.05, 0) is 36.5 Å². The monoisotopic (exact) mass is 247 g/mol. The Bertz CT molecular complexity index is 533. The van der Waals surface area contributed by atoms with Crippen molar-refractivity contribution < 1.29 is 8.91 Å². The molecular formula is C13H14FN3O. The molecule has 1 aromatic heterocycles. The topological polar surface area (TPSA) is 64.9 Å². The zero-order chi connectivity index (χ0) is 12.5. The highest BCUT2D eigenvalue weighted by Crippen LogP contribution is 2.38. The summed E-state index contributed by atoms with van der Waals surface area (Å²) >= 11 is 0. The maximum Gasteiger partial charge on any atom is 0.231 e. The lowest BCUT2D eigenvalue weighted by Gasteiger charge is -2.01. The van der Waals surface area contributed by atoms with Crippen LogP contribution in [0, 0.1) is 11.7 Å². The lowest BCUT2D eigenvalue weighted by molar-refractivity contribution is 0.373. The van der Waals surface area contributed by atoms with Crippen LogP contribution in [0.2, 0.25) is 0 Å². The second-order valence-corrected chi connectivity index (χ2v) is 4.71. The first-order valence-corrected chi connectivity index (χ1v) is 6.05. The van der Waals surface area contributed by atoms with Gasteiger partial charge >= 0.3 is 0 Å². The molecule has 1 aliphatic rings. The molecule has 94 valence electrons. The van der Waals surface area contributed by atoms with Crippen LogP contribution in [0.15, 0.2) is 28.8 Å². The molecule has 1 fully saturated rings. The summed E-state index contributed by atoms with van der Waals surface area (Å²) in [6, 6.07) is 6.14. The van der Waals surface area contributed by atoms with Crippen molar-refractivity contribution >= 4 is 0 Å². The molecule has 0 amide bonds. The van der Waals surface area contributed by atoms with E-state index in [2.05, 4.69) is 10.1 Å². The quantitative estimate of drug-likeness (QED) is 0.899. The average Bonchev–Trinajstić information content (AvgIpc) is 3.12. The third-order valence-electron chi connectivity index (χ3n) is 3.18. The summed E-state index contributed by atoms with van der Waals surface area (Å²) in [6.45, 7) is 0. The Labute approximate surface area is 104 Å². The fourth-order valence-electron chi connectivity index (χ4n) is 1.92. The van der Waals surface area contributed by atoms with Crippen molar-refractivity contribution in [3.63, 3.8) is 0 Å². The van der Waals surface area contributed by atoms with E-state index in [1.54, 1.807) is 12.1 Å². The van der Waals surface area contributed by atoms with Crippen LogP contribution in [0.1, 0.15) is 36.2 Å². The molecule has 0 spiro atoms. The van der Waals surface area contributed by atoms with Gasteiger partial charge in [0.15, 0.2) is 5.82 Å². The molecule has 2 aromatic rings. The molecule has 0 saturated heterocycles. The van der Waals surface area contributed by atoms with Crippen LogP contribution in [0.4, 0.5) is 4.39 Å². The van der Waals surface area contributed by atoms with E-state index in [0.717, 1.165) is 18.4 Å². The first-order chi connectivity index (χ1) is 8.72. The molecule has 1 saturated carbocycles. The SMILES string of the molecule is NC(c1noc(Cc2ccc(F)cc2)n1)C1CC1. The second kappa shape index (κ2) is 4.49. The summed E-state index contributed by atoms with van der Waals surface area (Å²) in [5, 5.41) is 3.91. The normalized spacial score (nSPS) is 16.8. The van der Waals surface area contributed by atoms with Gasteiger partial charge in [0.1, 0.15) is 5.82 Å². The molecule has 1 aromatic carbocycles. The average molecular weight is 247 g/mol. The molecule has 1 aliphatic carbocycles. The molecule has 0 aliphatic heterocycles. The molecule has 4 nitrogen and oxygen atoms in total. The molecule has 2 N–H and O–H groups in total. The Kier molecular flexibility index (Phi) is 2.83. The van der Waals surface area contributed by atoms with Crippen LogP contribution in [-0.2, 0) is 6.42 Å². The van der Waals surface area contributed by atoms with E-state index >= 15 is 0 Å². The summed E-state index contributed by atoms with van der Waals surface area (Å²) < 4.78 is 17.9. The van der Waals surface area contributed by atoms with Crippen molar-refractivity contribution in [2.75, 3.05) is 0 Å². The van der Waals surface area contributed by atoms with Gasteiger partial charge in [0.25, 0.3) is 0 Å². The van der Waals surface area contributed by atoms with Crippen molar-refractivity contribution in [2.24, 2.45) is 11.7 Å². The van der Waals surface area contributed by atoms with Gasteiger partial charge < -0.3 is 10.3 Å². The Morgan fingerprint density at radius 3 is 2.72 bits per heavy atom. The standard InChI is InChI=1S/C13H14FN3O/c14-10-5-1-8(2-6-10)7-11-16-13(17-18-11)12(15)9-3-4-9/h1-2,5-6,9,12H,3-4,7,15H2. The maximum atomic E-state index is 12.8. The van der Waals surface area contributed by atoms with Crippen molar-refractivity contribution in [1.29, 1.82) is 0 Å². The van der Waals surface area contributed by atoms with Crippen LogP contribution in [0.3, 0.4) is 0 Å². The van der Waals surface area contributed by atoms with E-state index in [4.69, 9.17) is 10.3 Å². The van der Waals surface area contributed by atoms with E-state index < -0.39 is 0 Å². The van der Waals surface area contributed by atoms with Crippen LogP contribution in [0.25, 0.3) is 0 Å². The summed E-state index contributed by atoms with van der Waals surface area (Å²) in [6.07, 6.45) is 2.79. The van der Waals surface area contributed by atoms with Crippen molar-refractivity contribution in [1.82, 2.24) is 10.1 Å². The fourth-order valence-corrected chi connectivity index (χ4v) is 1.92. The number of nitrogens with two attached hydrogens (primary N) is 1. The summed E-state index contributed by atoms with van der Waals surface area (Å²) in [4.78, 5) is 4.29. The summed E-state index contributed by atoms with van der Waals surface area (Å²) in [5.41, 5.74) is 6.93. The minimum Gasteiger partial charge on any atom is -0.339 e. The Morgan fingerprint density at radius 1 is 1.33 bits per heavy atom. The van der Waals surface area contributed by atoms with Gasteiger partial charge in [-0.2, -0.15) is 4.98 Å². The molecular weight excluding hydrogens is 233 g/mol. The highest BCUT2D eigenvalue weighted by Gasteiger charge is 2.32. The van der Waals surface area contributed by atoms with Gasteiger partial charge in [0.2, 0.25) is 5.89 Å². The van der Waals surface area contributed by atoms with Gasteiger partial charge in [0.05, 0.1) is 12.5 Å². The van der Waals surface area contributed by atoms with E-state index in [1.165, 1.54) is 12.1 Å². The predicted molar refractivity (Wildman–Crippen MR) is 63.2 cm³/mol. The maximum absolute atomic E-state index is 12.8. The van der Waals surface area contributed by atoms with Crippen LogP contribution in [-0.4, -0.2) is 10.1 Å². The molecule has 1 atom stereocenters. The van der Waals surface area contributed by atoms with E-state index in [-0.39, 0.29) is 11.9 Å². The van der Waals surface area contributed by atoms with Gasteiger partial charge in [-0.1, -0.05) is 17.3 Å². The van der Waals surface area contributed by atoms with Gasteiger partial charge in [-0.15, -0.1) is 0 Å². The molecule has 0 bridgehead atoms. The first kappa shape index (κ1) is 11.3. The predicted octanol–water partition coefficient (Wildman–Crippen LogP) is 2.21. The number of benzene rings is 1. The number of aromatic nitrogens is 2. The molecule has 0 radical (unpaired) electrons. The van der Waals surface area contributed by atoms with Gasteiger partial charge in [-0.3, -0.25) is 0 Å². The smallest absolute Gasteiger partial charge is 0.231 e. The molecule has 3 rings (SSSR count). The molecule has 1 heterocycles. The van der Waals surface area contributed by atoms with Gasteiger partial charge in [0, 0.05) is 0 Å². The Morgan fingerprint density at radius 2 is 2.06 bits per heavy atom. The number of rotatable bonds is 4. The van der Waals surface area contributed by atoms with Gasteiger partial charge in [-0.25, -0.2) is 4.39 Å². The fraction of sp³-hybridized carbons (Fsp3) is 0.385. The number of nitrogens with zero attached hydrogens (tertiary/aromatic N) is 2. The minimum atomic E-state index is -0.249. The highest BCUT2D eigenvalue weighted by molar-refractivity contribution is 5.19. The van der Waals surface area contributed by atoms with E-state index in [0.29, 0.717) is 24.1 Å². The van der Waals surface area contributed by atoms with Crippen molar-refractivity contribution in [2.45, 2.75) is 25.3 Å². The molecule has 5 heteroatoms. The summed E-state index contributed by atoms with van der Waals surface area (Å²) in [7, 11) is 0. The zero-order valence-electron chi connectivity index (χ0n) is 9.84. The Balaban J connectivity index is 1.71. The Hall–Kier alpha value is -1.75. The molecule has 1 unspecified atom stereocenters. The largest absolute Gasteiger partial charge is 0.339 e. The highest BCUT2D eigenvalue weighted by atomic mass is 19.1. The van der Waals surface area contributed by atoms with Crippen molar-refractivity contribution in [3.8, 4) is 0 Å². The number of halogens is 1. The van der Waals surface area contributed by atoms with Crippen LogP contribution >= 0.6 is 0 Å².